The number of nitrogens with zero attached hydrogens (tertiary/aromatic N) is 2. The molecule has 22 heavy (non-hydrogen) atoms. The number of guanidine groups is 1. The lowest BCUT2D eigenvalue weighted by Crippen LogP contribution is -2.37. The first-order valence-corrected chi connectivity index (χ1v) is 9.17. The van der Waals surface area contributed by atoms with Gasteiger partial charge in [0.1, 0.15) is 4.34 Å². The number of benzene rings is 1. The van der Waals surface area contributed by atoms with Crippen LogP contribution in [0.1, 0.15) is 17.5 Å². The first-order valence-electron chi connectivity index (χ1n) is 7.30. The summed E-state index contributed by atoms with van der Waals surface area (Å²) in [7, 11) is 1.80. The van der Waals surface area contributed by atoms with Crippen LogP contribution in [0, 0.1) is 6.92 Å². The van der Waals surface area contributed by atoms with Crippen molar-refractivity contribution < 1.29 is 0 Å². The molecular weight excluding hydrogens is 312 g/mol. The fourth-order valence-corrected chi connectivity index (χ4v) is 3.48. The van der Waals surface area contributed by atoms with Crippen LogP contribution in [-0.2, 0) is 6.54 Å². The van der Waals surface area contributed by atoms with Gasteiger partial charge in [0, 0.05) is 37.5 Å². The van der Waals surface area contributed by atoms with Gasteiger partial charge in [-0.25, -0.2) is 4.98 Å². The summed E-state index contributed by atoms with van der Waals surface area (Å²) >= 11 is 3.50. The number of aromatic nitrogens is 1. The van der Waals surface area contributed by atoms with Gasteiger partial charge in [-0.1, -0.05) is 41.6 Å². The van der Waals surface area contributed by atoms with Gasteiger partial charge in [-0.05, 0) is 18.9 Å². The molecule has 6 heteroatoms. The molecule has 0 bridgehead atoms. The van der Waals surface area contributed by atoms with Crippen molar-refractivity contribution in [3.63, 3.8) is 0 Å². The number of thiazole rings is 1. The maximum atomic E-state index is 4.26. The molecular formula is C16H22N4S2. The monoisotopic (exact) mass is 334 g/mol. The molecule has 0 radical (unpaired) electrons. The quantitative estimate of drug-likeness (QED) is 0.353. The van der Waals surface area contributed by atoms with Crippen LogP contribution in [0.5, 0.6) is 0 Å². The second-order valence-electron chi connectivity index (χ2n) is 4.84. The summed E-state index contributed by atoms with van der Waals surface area (Å²) in [6.07, 6.45) is 2.93. The Morgan fingerprint density at radius 3 is 2.77 bits per heavy atom. The van der Waals surface area contributed by atoms with Crippen LogP contribution in [0.25, 0.3) is 0 Å². The molecule has 0 aliphatic carbocycles. The molecule has 2 rings (SSSR count). The van der Waals surface area contributed by atoms with E-state index < -0.39 is 0 Å². The standard InChI is InChI=1S/C16H22N4S2/c1-13-4-6-14(7-5-13)12-20-15(17-2)18-8-3-10-21-16-19-9-11-22-16/h4-7,9,11H,3,8,10,12H2,1-2H3,(H2,17,18,20). The van der Waals surface area contributed by atoms with Crippen LogP contribution in [0.4, 0.5) is 0 Å². The zero-order valence-electron chi connectivity index (χ0n) is 13.0. The van der Waals surface area contributed by atoms with Gasteiger partial charge in [-0.15, -0.1) is 11.3 Å². The summed E-state index contributed by atoms with van der Waals surface area (Å²) in [6, 6.07) is 8.53. The topological polar surface area (TPSA) is 49.3 Å². The van der Waals surface area contributed by atoms with Crippen LogP contribution in [-0.4, -0.2) is 30.3 Å². The van der Waals surface area contributed by atoms with E-state index >= 15 is 0 Å². The van der Waals surface area contributed by atoms with E-state index in [0.29, 0.717) is 0 Å². The maximum absolute atomic E-state index is 4.26. The summed E-state index contributed by atoms with van der Waals surface area (Å²) in [6.45, 7) is 3.79. The third kappa shape index (κ3) is 6.07. The second kappa shape index (κ2) is 9.48. The SMILES string of the molecule is CN=C(NCCCSc1nccs1)NCc1ccc(C)cc1. The van der Waals surface area contributed by atoms with Crippen molar-refractivity contribution in [3.05, 3.63) is 47.0 Å². The van der Waals surface area contributed by atoms with Crippen molar-refractivity contribution >= 4 is 29.1 Å². The molecule has 0 atom stereocenters. The van der Waals surface area contributed by atoms with Crippen molar-refractivity contribution in [2.75, 3.05) is 19.3 Å². The largest absolute Gasteiger partial charge is 0.356 e. The number of rotatable bonds is 7. The molecule has 0 amide bonds. The lowest BCUT2D eigenvalue weighted by molar-refractivity contribution is 0.785. The fourth-order valence-electron chi connectivity index (χ4n) is 1.83. The highest BCUT2D eigenvalue weighted by atomic mass is 32.2. The molecule has 0 fully saturated rings. The Morgan fingerprint density at radius 2 is 2.09 bits per heavy atom. The van der Waals surface area contributed by atoms with Gasteiger partial charge in [0.2, 0.25) is 0 Å². The van der Waals surface area contributed by atoms with Crippen LogP contribution in [0.2, 0.25) is 0 Å². The number of hydrogen-bond donors (Lipinski definition) is 2. The summed E-state index contributed by atoms with van der Waals surface area (Å²) < 4.78 is 1.14. The van der Waals surface area contributed by atoms with Crippen LogP contribution < -0.4 is 10.6 Å². The van der Waals surface area contributed by atoms with E-state index in [-0.39, 0.29) is 0 Å². The molecule has 1 aromatic heterocycles. The molecule has 0 spiro atoms. The first kappa shape index (κ1) is 16.8. The third-order valence-electron chi connectivity index (χ3n) is 3.05. The lowest BCUT2D eigenvalue weighted by atomic mass is 10.1. The van der Waals surface area contributed by atoms with Crippen LogP contribution in [0.3, 0.4) is 0 Å². The highest BCUT2D eigenvalue weighted by molar-refractivity contribution is 8.00. The summed E-state index contributed by atoms with van der Waals surface area (Å²) in [5.74, 6) is 1.91. The van der Waals surface area contributed by atoms with Crippen molar-refractivity contribution in [3.8, 4) is 0 Å². The maximum Gasteiger partial charge on any atom is 0.191 e. The van der Waals surface area contributed by atoms with Gasteiger partial charge in [-0.3, -0.25) is 4.99 Å². The van der Waals surface area contributed by atoms with E-state index in [4.69, 9.17) is 0 Å². The Kier molecular flexibility index (Phi) is 7.25. The minimum absolute atomic E-state index is 0.786. The normalized spacial score (nSPS) is 11.5. The first-order chi connectivity index (χ1) is 10.8. The van der Waals surface area contributed by atoms with Crippen molar-refractivity contribution in [2.24, 2.45) is 4.99 Å². The molecule has 1 heterocycles. The number of aryl methyl sites for hydroxylation is 1. The van der Waals surface area contributed by atoms with E-state index in [0.717, 1.165) is 35.6 Å². The predicted octanol–water partition coefficient (Wildman–Crippen LogP) is 3.30. The molecule has 0 aliphatic rings. The lowest BCUT2D eigenvalue weighted by Gasteiger charge is -2.11. The molecule has 0 aliphatic heterocycles. The Balaban J connectivity index is 1.61. The molecule has 0 saturated heterocycles. The molecule has 0 unspecified atom stereocenters. The van der Waals surface area contributed by atoms with Crippen molar-refractivity contribution in [1.82, 2.24) is 15.6 Å². The molecule has 2 N–H and O–H groups in total. The Labute approximate surface area is 140 Å². The summed E-state index contributed by atoms with van der Waals surface area (Å²) in [5, 5.41) is 8.68. The Hall–Kier alpha value is -1.53. The second-order valence-corrected chi connectivity index (χ2v) is 7.07. The number of aliphatic imine (C=N–C) groups is 1. The van der Waals surface area contributed by atoms with E-state index in [1.54, 1.807) is 30.1 Å². The van der Waals surface area contributed by atoms with Crippen LogP contribution in [0.15, 0.2) is 45.2 Å². The van der Waals surface area contributed by atoms with E-state index in [1.807, 2.05) is 11.6 Å². The Morgan fingerprint density at radius 1 is 1.27 bits per heavy atom. The van der Waals surface area contributed by atoms with Gasteiger partial charge in [0.15, 0.2) is 5.96 Å². The van der Waals surface area contributed by atoms with Gasteiger partial charge in [0.25, 0.3) is 0 Å². The predicted molar refractivity (Wildman–Crippen MR) is 96.8 cm³/mol. The van der Waals surface area contributed by atoms with Crippen molar-refractivity contribution in [1.29, 1.82) is 0 Å². The average molecular weight is 335 g/mol. The fraction of sp³-hybridized carbons (Fsp3) is 0.375. The smallest absolute Gasteiger partial charge is 0.191 e. The molecule has 4 nitrogen and oxygen atoms in total. The highest BCUT2D eigenvalue weighted by Crippen LogP contribution is 2.20. The van der Waals surface area contributed by atoms with E-state index in [1.165, 1.54) is 11.1 Å². The molecule has 2 aromatic rings. The zero-order valence-corrected chi connectivity index (χ0v) is 14.6. The van der Waals surface area contributed by atoms with Gasteiger partial charge < -0.3 is 10.6 Å². The Bertz CT molecular complexity index is 564. The minimum atomic E-state index is 0.786. The number of thioether (sulfide) groups is 1. The van der Waals surface area contributed by atoms with Gasteiger partial charge in [-0.2, -0.15) is 0 Å². The van der Waals surface area contributed by atoms with Gasteiger partial charge >= 0.3 is 0 Å². The third-order valence-corrected chi connectivity index (χ3v) is 5.11. The summed E-state index contributed by atoms with van der Waals surface area (Å²) in [4.78, 5) is 8.50. The van der Waals surface area contributed by atoms with Crippen molar-refractivity contribution in [2.45, 2.75) is 24.2 Å². The van der Waals surface area contributed by atoms with E-state index in [9.17, 15) is 0 Å². The zero-order chi connectivity index (χ0) is 15.6. The molecule has 118 valence electrons. The van der Waals surface area contributed by atoms with Crippen LogP contribution >= 0.6 is 23.1 Å². The molecule has 0 saturated carbocycles. The highest BCUT2D eigenvalue weighted by Gasteiger charge is 1.99. The average Bonchev–Trinajstić information content (AvgIpc) is 3.05. The summed E-state index contributed by atoms with van der Waals surface area (Å²) in [5.41, 5.74) is 2.54. The van der Waals surface area contributed by atoms with E-state index in [2.05, 4.69) is 51.8 Å². The number of nitrogens with one attached hydrogen (secondary N) is 2. The number of hydrogen-bond acceptors (Lipinski definition) is 4. The molecule has 1 aromatic carbocycles. The minimum Gasteiger partial charge on any atom is -0.356 e. The van der Waals surface area contributed by atoms with Gasteiger partial charge in [0.05, 0.1) is 0 Å².